The monoisotopic (exact) mass is 270 g/mol. The van der Waals surface area contributed by atoms with Gasteiger partial charge >= 0.3 is 6.03 Å². The summed E-state index contributed by atoms with van der Waals surface area (Å²) in [6, 6.07) is 0.0622. The van der Waals surface area contributed by atoms with Gasteiger partial charge in [0.2, 0.25) is 0 Å². The Labute approximate surface area is 115 Å². The van der Waals surface area contributed by atoms with E-state index in [1.54, 1.807) is 7.11 Å². The van der Waals surface area contributed by atoms with Crippen molar-refractivity contribution in [1.82, 2.24) is 10.6 Å². The maximum Gasteiger partial charge on any atom is 0.315 e. The molecule has 0 spiro atoms. The number of nitrogens with one attached hydrogen (secondary N) is 2. The Bertz CT molecular complexity index is 320. The molecule has 2 amide bonds. The van der Waals surface area contributed by atoms with E-state index in [4.69, 9.17) is 4.74 Å². The van der Waals surface area contributed by atoms with E-state index in [9.17, 15) is 9.90 Å². The summed E-state index contributed by atoms with van der Waals surface area (Å²) >= 11 is 0. The molecule has 0 radical (unpaired) electrons. The van der Waals surface area contributed by atoms with Crippen molar-refractivity contribution in [2.75, 3.05) is 20.3 Å². The van der Waals surface area contributed by atoms with Crippen LogP contribution in [0.5, 0.6) is 0 Å². The molecule has 0 aromatic carbocycles. The highest BCUT2D eigenvalue weighted by Gasteiger charge is 2.40. The summed E-state index contributed by atoms with van der Waals surface area (Å²) in [6.45, 7) is 2.74. The van der Waals surface area contributed by atoms with Gasteiger partial charge in [-0.3, -0.25) is 0 Å². The molecule has 0 heterocycles. The molecule has 3 unspecified atom stereocenters. The molecular formula is C14H26N2O3. The highest BCUT2D eigenvalue weighted by molar-refractivity contribution is 5.74. The van der Waals surface area contributed by atoms with Gasteiger partial charge in [-0.1, -0.05) is 13.3 Å². The normalized spacial score (nSPS) is 32.1. The zero-order valence-corrected chi connectivity index (χ0v) is 11.9. The van der Waals surface area contributed by atoms with Gasteiger partial charge in [0.1, 0.15) is 0 Å². The number of carbonyl (C=O) groups is 1. The Kier molecular flexibility index (Phi) is 4.68. The van der Waals surface area contributed by atoms with E-state index in [1.165, 1.54) is 12.8 Å². The fourth-order valence-corrected chi connectivity index (χ4v) is 3.01. The molecule has 3 atom stereocenters. The molecule has 5 heteroatoms. The third-order valence-electron chi connectivity index (χ3n) is 4.60. The fraction of sp³-hybridized carbons (Fsp3) is 0.929. The molecule has 110 valence electrons. The third kappa shape index (κ3) is 3.60. The summed E-state index contributed by atoms with van der Waals surface area (Å²) in [6.07, 6.45) is 5.33. The van der Waals surface area contributed by atoms with Crippen molar-refractivity contribution >= 4 is 6.03 Å². The minimum absolute atomic E-state index is 0.0693. The van der Waals surface area contributed by atoms with E-state index in [1.807, 2.05) is 6.92 Å². The average molecular weight is 270 g/mol. The van der Waals surface area contributed by atoms with Gasteiger partial charge in [-0.2, -0.15) is 0 Å². The number of amides is 2. The number of aliphatic hydroxyl groups excluding tert-OH is 1. The van der Waals surface area contributed by atoms with Gasteiger partial charge in [-0.15, -0.1) is 0 Å². The number of hydrogen-bond acceptors (Lipinski definition) is 3. The second-order valence-electron chi connectivity index (χ2n) is 6.27. The number of methoxy groups -OCH3 is 1. The van der Waals surface area contributed by atoms with Gasteiger partial charge in [0.15, 0.2) is 0 Å². The second kappa shape index (κ2) is 6.09. The first-order valence-corrected chi connectivity index (χ1v) is 7.26. The minimum atomic E-state index is -0.173. The van der Waals surface area contributed by atoms with Gasteiger partial charge in [0.05, 0.1) is 19.3 Å². The standard InChI is InChI=1S/C14H26N2O3/c1-14(9-17)7-3-4-12(14)16-13(18)15-11(8-19-2)10-5-6-10/h10-12,17H,3-9H2,1-2H3,(H2,15,16,18). The predicted molar refractivity (Wildman–Crippen MR) is 72.9 cm³/mol. The lowest BCUT2D eigenvalue weighted by Crippen LogP contribution is -2.52. The molecule has 0 aromatic heterocycles. The van der Waals surface area contributed by atoms with E-state index < -0.39 is 0 Å². The lowest BCUT2D eigenvalue weighted by molar-refractivity contribution is 0.118. The van der Waals surface area contributed by atoms with E-state index in [-0.39, 0.29) is 30.1 Å². The van der Waals surface area contributed by atoms with Crippen LogP contribution in [0.4, 0.5) is 4.79 Å². The molecule has 2 aliphatic rings. The van der Waals surface area contributed by atoms with Gasteiger partial charge in [0.25, 0.3) is 0 Å². The van der Waals surface area contributed by atoms with Crippen LogP contribution in [0.15, 0.2) is 0 Å². The Morgan fingerprint density at radius 1 is 1.47 bits per heavy atom. The first-order chi connectivity index (χ1) is 9.09. The van der Waals surface area contributed by atoms with Gasteiger partial charge in [-0.05, 0) is 31.6 Å². The number of rotatable bonds is 6. The number of hydrogen-bond donors (Lipinski definition) is 3. The molecule has 0 aliphatic heterocycles. The van der Waals surface area contributed by atoms with Gasteiger partial charge < -0.3 is 20.5 Å². The average Bonchev–Trinajstić information content (AvgIpc) is 3.16. The van der Waals surface area contributed by atoms with Crippen LogP contribution in [0, 0.1) is 11.3 Å². The zero-order valence-electron chi connectivity index (χ0n) is 11.9. The molecular weight excluding hydrogens is 244 g/mol. The van der Waals surface area contributed by atoms with Crippen LogP contribution < -0.4 is 10.6 Å². The topological polar surface area (TPSA) is 70.6 Å². The summed E-state index contributed by atoms with van der Waals surface area (Å²) in [5.41, 5.74) is -0.173. The molecule has 19 heavy (non-hydrogen) atoms. The van der Waals surface area contributed by atoms with E-state index in [0.717, 1.165) is 19.3 Å². The lowest BCUT2D eigenvalue weighted by Gasteiger charge is -2.30. The van der Waals surface area contributed by atoms with Crippen molar-refractivity contribution in [3.8, 4) is 0 Å². The molecule has 2 saturated carbocycles. The van der Waals surface area contributed by atoms with Crippen molar-refractivity contribution in [3.05, 3.63) is 0 Å². The molecule has 0 bridgehead atoms. The summed E-state index contributed by atoms with van der Waals surface area (Å²) in [4.78, 5) is 12.1. The second-order valence-corrected chi connectivity index (χ2v) is 6.27. The Morgan fingerprint density at radius 2 is 2.21 bits per heavy atom. The maximum atomic E-state index is 12.1. The van der Waals surface area contributed by atoms with Crippen molar-refractivity contribution in [2.24, 2.45) is 11.3 Å². The van der Waals surface area contributed by atoms with Crippen LogP contribution >= 0.6 is 0 Å². The first-order valence-electron chi connectivity index (χ1n) is 7.26. The smallest absolute Gasteiger partial charge is 0.315 e. The molecule has 2 aliphatic carbocycles. The van der Waals surface area contributed by atoms with E-state index in [2.05, 4.69) is 10.6 Å². The molecule has 2 rings (SSSR count). The van der Waals surface area contributed by atoms with Gasteiger partial charge in [-0.25, -0.2) is 4.79 Å². The largest absolute Gasteiger partial charge is 0.396 e. The zero-order chi connectivity index (χ0) is 13.9. The number of ether oxygens (including phenoxy) is 1. The van der Waals surface area contributed by atoms with Crippen LogP contribution in [-0.4, -0.2) is 43.5 Å². The minimum Gasteiger partial charge on any atom is -0.396 e. The molecule has 2 fully saturated rings. The lowest BCUT2D eigenvalue weighted by atomic mass is 9.86. The number of aliphatic hydroxyl groups is 1. The quantitative estimate of drug-likeness (QED) is 0.680. The third-order valence-corrected chi connectivity index (χ3v) is 4.60. The van der Waals surface area contributed by atoms with Crippen molar-refractivity contribution in [2.45, 2.75) is 51.1 Å². The molecule has 5 nitrogen and oxygen atoms in total. The Morgan fingerprint density at radius 3 is 2.79 bits per heavy atom. The molecule has 0 aromatic rings. The van der Waals surface area contributed by atoms with Crippen LogP contribution in [0.2, 0.25) is 0 Å². The fourth-order valence-electron chi connectivity index (χ4n) is 3.01. The van der Waals surface area contributed by atoms with Crippen molar-refractivity contribution < 1.29 is 14.6 Å². The summed E-state index contributed by atoms with van der Waals surface area (Å²) in [7, 11) is 1.66. The van der Waals surface area contributed by atoms with Crippen molar-refractivity contribution in [3.63, 3.8) is 0 Å². The van der Waals surface area contributed by atoms with E-state index >= 15 is 0 Å². The predicted octanol–water partition coefficient (Wildman–Crippen LogP) is 1.26. The summed E-state index contributed by atoms with van der Waals surface area (Å²) < 4.78 is 5.16. The van der Waals surface area contributed by atoms with Crippen LogP contribution in [0.1, 0.15) is 39.0 Å². The summed E-state index contributed by atoms with van der Waals surface area (Å²) in [5, 5.41) is 15.5. The first kappa shape index (κ1) is 14.6. The van der Waals surface area contributed by atoms with Crippen LogP contribution in [-0.2, 0) is 4.74 Å². The van der Waals surface area contributed by atoms with Crippen LogP contribution in [0.25, 0.3) is 0 Å². The number of carbonyl (C=O) groups excluding carboxylic acids is 1. The molecule has 0 saturated heterocycles. The van der Waals surface area contributed by atoms with Crippen LogP contribution in [0.3, 0.4) is 0 Å². The highest BCUT2D eigenvalue weighted by Crippen LogP contribution is 2.37. The van der Waals surface area contributed by atoms with Gasteiger partial charge in [0, 0.05) is 18.6 Å². The highest BCUT2D eigenvalue weighted by atomic mass is 16.5. The molecule has 3 N–H and O–H groups in total. The van der Waals surface area contributed by atoms with E-state index in [0.29, 0.717) is 12.5 Å². The number of urea groups is 1. The SMILES string of the molecule is COCC(NC(=O)NC1CCCC1(C)CO)C1CC1. The Balaban J connectivity index is 1.83. The Hall–Kier alpha value is -0.810. The maximum absolute atomic E-state index is 12.1. The van der Waals surface area contributed by atoms with Crippen molar-refractivity contribution in [1.29, 1.82) is 0 Å². The summed E-state index contributed by atoms with van der Waals surface area (Å²) in [5.74, 6) is 0.568.